The molecule has 0 spiro atoms. The van der Waals surface area contributed by atoms with Gasteiger partial charge in [-0.2, -0.15) is 9.78 Å². The Hall–Kier alpha value is -2.39. The van der Waals surface area contributed by atoms with Gasteiger partial charge >= 0.3 is 0 Å². The molecule has 0 amide bonds. The minimum atomic E-state index is -0.165. The lowest BCUT2D eigenvalue weighted by Gasteiger charge is -2.07. The van der Waals surface area contributed by atoms with Crippen LogP contribution >= 0.6 is 11.6 Å². The minimum Gasteiger partial charge on any atom is -0.267 e. The van der Waals surface area contributed by atoms with Crippen molar-refractivity contribution in [2.75, 3.05) is 0 Å². The lowest BCUT2D eigenvalue weighted by Crippen LogP contribution is -2.20. The van der Waals surface area contributed by atoms with Crippen LogP contribution in [0.5, 0.6) is 0 Å². The van der Waals surface area contributed by atoms with E-state index in [-0.39, 0.29) is 5.56 Å². The molecule has 20 heavy (non-hydrogen) atoms. The second-order valence-corrected chi connectivity index (χ2v) is 4.75. The van der Waals surface area contributed by atoms with Gasteiger partial charge in [0.15, 0.2) is 0 Å². The molecule has 1 aromatic heterocycles. The third kappa shape index (κ3) is 2.49. The van der Waals surface area contributed by atoms with Gasteiger partial charge in [-0.3, -0.25) is 4.79 Å². The summed E-state index contributed by atoms with van der Waals surface area (Å²) in [6.45, 7) is 0. The van der Waals surface area contributed by atoms with E-state index in [9.17, 15) is 4.79 Å². The topological polar surface area (TPSA) is 34.9 Å². The van der Waals surface area contributed by atoms with E-state index in [1.54, 1.807) is 12.1 Å². The molecule has 3 rings (SSSR count). The van der Waals surface area contributed by atoms with Crippen LogP contribution < -0.4 is 5.56 Å². The first-order valence-corrected chi connectivity index (χ1v) is 6.53. The van der Waals surface area contributed by atoms with Gasteiger partial charge in [-0.25, -0.2) is 0 Å². The number of para-hydroxylation sites is 1. The van der Waals surface area contributed by atoms with Crippen LogP contribution in [0.1, 0.15) is 0 Å². The Morgan fingerprint density at radius 3 is 2.45 bits per heavy atom. The van der Waals surface area contributed by atoms with Gasteiger partial charge in [0.25, 0.3) is 5.56 Å². The van der Waals surface area contributed by atoms with Gasteiger partial charge in [-0.1, -0.05) is 41.9 Å². The molecule has 0 saturated carbocycles. The Balaban J connectivity index is 2.14. The first-order valence-electron chi connectivity index (χ1n) is 6.16. The van der Waals surface area contributed by atoms with Crippen LogP contribution in [0.4, 0.5) is 0 Å². The third-order valence-electron chi connectivity index (χ3n) is 2.92. The first-order chi connectivity index (χ1) is 9.74. The second-order valence-electron chi connectivity index (χ2n) is 4.31. The molecule has 3 nitrogen and oxygen atoms in total. The van der Waals surface area contributed by atoms with E-state index in [1.807, 2.05) is 48.5 Å². The zero-order valence-corrected chi connectivity index (χ0v) is 11.3. The van der Waals surface area contributed by atoms with E-state index in [0.29, 0.717) is 10.7 Å². The maximum Gasteiger partial charge on any atom is 0.271 e. The lowest BCUT2D eigenvalue weighted by molar-refractivity contribution is 0.812. The van der Waals surface area contributed by atoms with Crippen LogP contribution in [-0.4, -0.2) is 9.78 Å². The molecule has 0 fully saturated rings. The Morgan fingerprint density at radius 2 is 1.70 bits per heavy atom. The minimum absolute atomic E-state index is 0.165. The summed E-state index contributed by atoms with van der Waals surface area (Å²) in [5, 5.41) is 5.04. The summed E-state index contributed by atoms with van der Waals surface area (Å²) >= 11 is 5.99. The van der Waals surface area contributed by atoms with Gasteiger partial charge in [0.1, 0.15) is 0 Å². The van der Waals surface area contributed by atoms with Gasteiger partial charge in [0.05, 0.1) is 11.4 Å². The van der Waals surface area contributed by atoms with E-state index < -0.39 is 0 Å². The van der Waals surface area contributed by atoms with Crippen molar-refractivity contribution in [2.24, 2.45) is 0 Å². The number of aromatic nitrogens is 2. The highest BCUT2D eigenvalue weighted by Gasteiger charge is 2.05. The summed E-state index contributed by atoms with van der Waals surface area (Å²) in [7, 11) is 0. The Kier molecular flexibility index (Phi) is 3.35. The van der Waals surface area contributed by atoms with Crippen molar-refractivity contribution < 1.29 is 0 Å². The number of hydrogen-bond donors (Lipinski definition) is 0. The van der Waals surface area contributed by atoms with Crippen molar-refractivity contribution in [1.82, 2.24) is 9.78 Å². The van der Waals surface area contributed by atoms with Crippen molar-refractivity contribution >= 4 is 11.6 Å². The zero-order valence-electron chi connectivity index (χ0n) is 10.5. The summed E-state index contributed by atoms with van der Waals surface area (Å²) < 4.78 is 1.39. The smallest absolute Gasteiger partial charge is 0.267 e. The molecule has 0 atom stereocenters. The quantitative estimate of drug-likeness (QED) is 0.720. The molecule has 0 saturated heterocycles. The number of rotatable bonds is 2. The van der Waals surface area contributed by atoms with Gasteiger partial charge in [0.2, 0.25) is 0 Å². The predicted molar refractivity (Wildman–Crippen MR) is 80.3 cm³/mol. The molecule has 98 valence electrons. The molecule has 2 aromatic carbocycles. The third-order valence-corrected chi connectivity index (χ3v) is 3.16. The summed E-state index contributed by atoms with van der Waals surface area (Å²) in [4.78, 5) is 11.9. The van der Waals surface area contributed by atoms with E-state index >= 15 is 0 Å². The molecular formula is C16H11ClN2O. The van der Waals surface area contributed by atoms with E-state index in [0.717, 1.165) is 11.3 Å². The molecule has 3 aromatic rings. The van der Waals surface area contributed by atoms with Crippen LogP contribution in [0.2, 0.25) is 5.02 Å². The van der Waals surface area contributed by atoms with E-state index in [2.05, 4.69) is 5.10 Å². The van der Waals surface area contributed by atoms with Crippen molar-refractivity contribution in [3.05, 3.63) is 82.1 Å². The Labute approximate surface area is 121 Å². The molecule has 0 radical (unpaired) electrons. The average molecular weight is 283 g/mol. The zero-order chi connectivity index (χ0) is 13.9. The molecule has 0 unspecified atom stereocenters. The molecule has 1 heterocycles. The van der Waals surface area contributed by atoms with Gasteiger partial charge < -0.3 is 0 Å². The highest BCUT2D eigenvalue weighted by atomic mass is 35.5. The fourth-order valence-corrected chi connectivity index (χ4v) is 2.16. The van der Waals surface area contributed by atoms with Crippen molar-refractivity contribution in [1.29, 1.82) is 0 Å². The van der Waals surface area contributed by atoms with Crippen LogP contribution in [0, 0.1) is 0 Å². The highest BCUT2D eigenvalue weighted by molar-refractivity contribution is 6.30. The highest BCUT2D eigenvalue weighted by Crippen LogP contribution is 2.20. The van der Waals surface area contributed by atoms with Crippen molar-refractivity contribution in [2.45, 2.75) is 0 Å². The Morgan fingerprint density at radius 1 is 0.900 bits per heavy atom. The number of nitrogens with zero attached hydrogens (tertiary/aromatic N) is 2. The van der Waals surface area contributed by atoms with E-state index in [1.165, 1.54) is 10.7 Å². The van der Waals surface area contributed by atoms with Gasteiger partial charge in [-0.05, 0) is 30.3 Å². The fourth-order valence-electron chi connectivity index (χ4n) is 1.97. The lowest BCUT2D eigenvalue weighted by atomic mass is 10.1. The molecule has 0 aliphatic rings. The molecule has 4 heteroatoms. The maximum atomic E-state index is 11.9. The van der Waals surface area contributed by atoms with Crippen LogP contribution in [0.25, 0.3) is 16.9 Å². The monoisotopic (exact) mass is 282 g/mol. The SMILES string of the molecule is O=c1ccc(-c2cccc(Cl)c2)nn1-c1ccccc1. The largest absolute Gasteiger partial charge is 0.271 e. The van der Waals surface area contributed by atoms with Crippen LogP contribution in [0.3, 0.4) is 0 Å². The standard InChI is InChI=1S/C16H11ClN2O/c17-13-6-4-5-12(11-13)15-9-10-16(20)19(18-15)14-7-2-1-3-8-14/h1-11H. The summed E-state index contributed by atoms with van der Waals surface area (Å²) in [5.41, 5.74) is 2.15. The van der Waals surface area contributed by atoms with Gasteiger partial charge in [0, 0.05) is 16.7 Å². The van der Waals surface area contributed by atoms with E-state index in [4.69, 9.17) is 11.6 Å². The molecule has 0 bridgehead atoms. The van der Waals surface area contributed by atoms with Crippen LogP contribution in [-0.2, 0) is 0 Å². The second kappa shape index (κ2) is 5.31. The molecule has 0 aliphatic carbocycles. The van der Waals surface area contributed by atoms with Crippen molar-refractivity contribution in [3.63, 3.8) is 0 Å². The maximum absolute atomic E-state index is 11.9. The number of hydrogen-bond acceptors (Lipinski definition) is 2. The average Bonchev–Trinajstić information content (AvgIpc) is 2.48. The number of halogens is 1. The number of benzene rings is 2. The van der Waals surface area contributed by atoms with Crippen LogP contribution in [0.15, 0.2) is 71.5 Å². The Bertz CT molecular complexity index is 797. The summed E-state index contributed by atoms with van der Waals surface area (Å²) in [5.74, 6) is 0. The molecule has 0 N–H and O–H groups in total. The molecular weight excluding hydrogens is 272 g/mol. The van der Waals surface area contributed by atoms with Gasteiger partial charge in [-0.15, -0.1) is 0 Å². The summed E-state index contributed by atoms with van der Waals surface area (Å²) in [6, 6.07) is 19.9. The van der Waals surface area contributed by atoms with Crippen molar-refractivity contribution in [3.8, 4) is 16.9 Å². The predicted octanol–water partition coefficient (Wildman–Crippen LogP) is 3.55. The first kappa shape index (κ1) is 12.6. The normalized spacial score (nSPS) is 10.4. The summed E-state index contributed by atoms with van der Waals surface area (Å²) in [6.07, 6.45) is 0. The fraction of sp³-hybridized carbons (Fsp3) is 0. The molecule has 0 aliphatic heterocycles.